The Morgan fingerprint density at radius 2 is 2.21 bits per heavy atom. The quantitative estimate of drug-likeness (QED) is 0.870. The predicted molar refractivity (Wildman–Crippen MR) is 70.5 cm³/mol. The van der Waals surface area contributed by atoms with Gasteiger partial charge >= 0.3 is 5.97 Å². The zero-order valence-electron chi connectivity index (χ0n) is 9.97. The van der Waals surface area contributed by atoms with Crippen molar-refractivity contribution in [3.05, 3.63) is 28.0 Å². The van der Waals surface area contributed by atoms with Gasteiger partial charge in [0.2, 0.25) is 0 Å². The number of hydrogen-bond donors (Lipinski definition) is 1. The number of rotatable bonds is 3. The summed E-state index contributed by atoms with van der Waals surface area (Å²) in [5.74, 6) is -1.08. The van der Waals surface area contributed by atoms with Crippen molar-refractivity contribution in [2.45, 2.75) is 12.8 Å². The first-order valence-electron chi connectivity index (χ1n) is 5.79. The lowest BCUT2D eigenvalue weighted by Crippen LogP contribution is -2.29. The van der Waals surface area contributed by atoms with Gasteiger partial charge in [0.15, 0.2) is 0 Å². The van der Waals surface area contributed by atoms with Crippen LogP contribution in [0.1, 0.15) is 23.2 Å². The van der Waals surface area contributed by atoms with Crippen LogP contribution in [-0.4, -0.2) is 40.0 Å². The van der Waals surface area contributed by atoms with E-state index in [1.165, 1.54) is 12.3 Å². The van der Waals surface area contributed by atoms with Crippen LogP contribution in [0.5, 0.6) is 0 Å². The summed E-state index contributed by atoms with van der Waals surface area (Å²) in [5, 5.41) is 9.20. The fourth-order valence-corrected chi connectivity index (χ4v) is 2.52. The molecule has 0 bridgehead atoms. The molecule has 102 valence electrons. The summed E-state index contributed by atoms with van der Waals surface area (Å²) in [6, 6.07) is 1.43. The standard InChI is InChI=1S/C12H12Cl2N2O3/c13-9-5-15-10(14)4-8(9)12(19)16-2-1-7(6-16)3-11(17)18/h4-5,7H,1-3,6H2,(H,17,18). The lowest BCUT2D eigenvalue weighted by atomic mass is 10.1. The monoisotopic (exact) mass is 302 g/mol. The Labute approximate surface area is 120 Å². The van der Waals surface area contributed by atoms with E-state index in [4.69, 9.17) is 28.3 Å². The van der Waals surface area contributed by atoms with E-state index < -0.39 is 5.97 Å². The molecule has 2 rings (SSSR count). The zero-order valence-corrected chi connectivity index (χ0v) is 11.5. The summed E-state index contributed by atoms with van der Waals surface area (Å²) in [6.45, 7) is 0.967. The minimum Gasteiger partial charge on any atom is -0.481 e. The molecule has 0 radical (unpaired) electrons. The summed E-state index contributed by atoms with van der Waals surface area (Å²) in [6.07, 6.45) is 2.10. The summed E-state index contributed by atoms with van der Waals surface area (Å²) < 4.78 is 0. The largest absolute Gasteiger partial charge is 0.481 e. The Hall–Kier alpha value is -1.33. The van der Waals surface area contributed by atoms with Crippen molar-refractivity contribution in [3.63, 3.8) is 0 Å². The third-order valence-corrected chi connectivity index (χ3v) is 3.60. The average molecular weight is 303 g/mol. The number of amides is 1. The molecule has 1 unspecified atom stereocenters. The van der Waals surface area contributed by atoms with Crippen LogP contribution in [0.25, 0.3) is 0 Å². The number of carbonyl (C=O) groups is 2. The Balaban J connectivity index is 2.09. The van der Waals surface area contributed by atoms with Gasteiger partial charge in [-0.3, -0.25) is 9.59 Å². The second-order valence-electron chi connectivity index (χ2n) is 4.49. The highest BCUT2D eigenvalue weighted by atomic mass is 35.5. The van der Waals surface area contributed by atoms with Gasteiger partial charge in [-0.05, 0) is 18.4 Å². The van der Waals surface area contributed by atoms with Crippen LogP contribution < -0.4 is 0 Å². The molecular formula is C12H12Cl2N2O3. The highest BCUT2D eigenvalue weighted by Gasteiger charge is 2.29. The van der Waals surface area contributed by atoms with Crippen LogP contribution in [0.2, 0.25) is 10.2 Å². The third kappa shape index (κ3) is 3.36. The van der Waals surface area contributed by atoms with Gasteiger partial charge in [0.1, 0.15) is 5.15 Å². The van der Waals surface area contributed by atoms with Crippen molar-refractivity contribution in [2.24, 2.45) is 5.92 Å². The number of likely N-dealkylation sites (tertiary alicyclic amines) is 1. The average Bonchev–Trinajstić information content (AvgIpc) is 2.79. The fraction of sp³-hybridized carbons (Fsp3) is 0.417. The number of aliphatic carboxylic acids is 1. The van der Waals surface area contributed by atoms with E-state index in [1.807, 2.05) is 0 Å². The number of hydrogen-bond acceptors (Lipinski definition) is 3. The summed E-state index contributed by atoms with van der Waals surface area (Å²) in [7, 11) is 0. The van der Waals surface area contributed by atoms with E-state index in [1.54, 1.807) is 4.90 Å². The van der Waals surface area contributed by atoms with Crippen LogP contribution >= 0.6 is 23.2 Å². The normalized spacial score (nSPS) is 18.6. The van der Waals surface area contributed by atoms with Gasteiger partial charge in [-0.25, -0.2) is 4.98 Å². The first-order chi connectivity index (χ1) is 8.97. The summed E-state index contributed by atoms with van der Waals surface area (Å²) in [5.41, 5.74) is 0.303. The molecule has 0 saturated carbocycles. The van der Waals surface area contributed by atoms with Crippen molar-refractivity contribution in [3.8, 4) is 0 Å². The third-order valence-electron chi connectivity index (χ3n) is 3.09. The van der Waals surface area contributed by atoms with Crippen LogP contribution in [0, 0.1) is 5.92 Å². The van der Waals surface area contributed by atoms with Crippen LogP contribution in [0.4, 0.5) is 0 Å². The molecule has 1 N–H and O–H groups in total. The molecule has 7 heteroatoms. The topological polar surface area (TPSA) is 70.5 Å². The molecule has 1 aromatic heterocycles. The minimum absolute atomic E-state index is 0.00228. The molecule has 1 amide bonds. The molecule has 19 heavy (non-hydrogen) atoms. The maximum atomic E-state index is 12.3. The lowest BCUT2D eigenvalue weighted by Gasteiger charge is -2.17. The van der Waals surface area contributed by atoms with Gasteiger partial charge in [-0.15, -0.1) is 0 Å². The Kier molecular flexibility index (Phi) is 4.27. The van der Waals surface area contributed by atoms with Crippen molar-refractivity contribution in [2.75, 3.05) is 13.1 Å². The lowest BCUT2D eigenvalue weighted by molar-refractivity contribution is -0.138. The van der Waals surface area contributed by atoms with Gasteiger partial charge in [0, 0.05) is 25.7 Å². The highest BCUT2D eigenvalue weighted by molar-refractivity contribution is 6.35. The van der Waals surface area contributed by atoms with Crippen LogP contribution in [0.15, 0.2) is 12.3 Å². The van der Waals surface area contributed by atoms with E-state index in [2.05, 4.69) is 4.98 Å². The SMILES string of the molecule is O=C(O)CC1CCN(C(=O)c2cc(Cl)ncc2Cl)C1. The number of carboxylic acids is 1. The molecule has 1 aliphatic rings. The van der Waals surface area contributed by atoms with Gasteiger partial charge in [0.25, 0.3) is 5.91 Å². The number of carbonyl (C=O) groups excluding carboxylic acids is 1. The van der Waals surface area contributed by atoms with Gasteiger partial charge in [0.05, 0.1) is 10.6 Å². The van der Waals surface area contributed by atoms with Crippen molar-refractivity contribution in [1.29, 1.82) is 0 Å². The molecule has 1 atom stereocenters. The zero-order chi connectivity index (χ0) is 14.0. The Morgan fingerprint density at radius 3 is 2.89 bits per heavy atom. The minimum atomic E-state index is -0.843. The number of aromatic nitrogens is 1. The first kappa shape index (κ1) is 14.1. The highest BCUT2D eigenvalue weighted by Crippen LogP contribution is 2.25. The van der Waals surface area contributed by atoms with Crippen LogP contribution in [0.3, 0.4) is 0 Å². The van der Waals surface area contributed by atoms with Crippen LogP contribution in [-0.2, 0) is 4.79 Å². The Bertz CT molecular complexity index is 522. The number of pyridine rings is 1. The van der Waals surface area contributed by atoms with Crippen molar-refractivity contribution >= 4 is 35.1 Å². The van der Waals surface area contributed by atoms with E-state index in [0.717, 1.165) is 0 Å². The number of nitrogens with zero attached hydrogens (tertiary/aromatic N) is 2. The van der Waals surface area contributed by atoms with E-state index >= 15 is 0 Å². The van der Waals surface area contributed by atoms with Crippen molar-refractivity contribution < 1.29 is 14.7 Å². The second-order valence-corrected chi connectivity index (χ2v) is 5.29. The molecule has 0 aliphatic carbocycles. The predicted octanol–water partition coefficient (Wildman–Crippen LogP) is 2.33. The number of carboxylic acid groups (broad SMARTS) is 1. The maximum absolute atomic E-state index is 12.3. The van der Waals surface area contributed by atoms with E-state index in [0.29, 0.717) is 25.1 Å². The van der Waals surface area contributed by atoms with E-state index in [9.17, 15) is 9.59 Å². The summed E-state index contributed by atoms with van der Waals surface area (Å²) in [4.78, 5) is 28.3. The molecular weight excluding hydrogens is 291 g/mol. The maximum Gasteiger partial charge on any atom is 0.303 e. The summed E-state index contributed by atoms with van der Waals surface area (Å²) >= 11 is 11.7. The van der Waals surface area contributed by atoms with Gasteiger partial charge in [-0.1, -0.05) is 23.2 Å². The first-order valence-corrected chi connectivity index (χ1v) is 6.55. The molecule has 0 aromatic carbocycles. The molecule has 2 heterocycles. The smallest absolute Gasteiger partial charge is 0.303 e. The van der Waals surface area contributed by atoms with E-state index in [-0.39, 0.29) is 28.4 Å². The van der Waals surface area contributed by atoms with Gasteiger partial charge in [-0.2, -0.15) is 0 Å². The number of halogens is 2. The molecule has 1 aromatic rings. The molecule has 5 nitrogen and oxygen atoms in total. The molecule has 1 fully saturated rings. The Morgan fingerprint density at radius 1 is 1.47 bits per heavy atom. The van der Waals surface area contributed by atoms with Crippen molar-refractivity contribution in [1.82, 2.24) is 9.88 Å². The molecule has 1 aliphatic heterocycles. The second kappa shape index (κ2) is 5.75. The van der Waals surface area contributed by atoms with Gasteiger partial charge < -0.3 is 10.0 Å². The molecule has 1 saturated heterocycles. The fourth-order valence-electron chi connectivity index (χ4n) is 2.18. The molecule has 0 spiro atoms.